The van der Waals surface area contributed by atoms with Gasteiger partial charge >= 0.3 is 0 Å². The first-order chi connectivity index (χ1) is 13.1. The number of hydrogen-bond acceptors (Lipinski definition) is 6. The molecule has 1 heterocycles. The lowest BCUT2D eigenvalue weighted by atomic mass is 10.2. The minimum atomic E-state index is -0.736. The van der Waals surface area contributed by atoms with Crippen LogP contribution in [0.3, 0.4) is 0 Å². The maximum Gasteiger partial charge on any atom is 0.204 e. The molecule has 0 radical (unpaired) electrons. The van der Waals surface area contributed by atoms with Crippen molar-refractivity contribution in [1.82, 2.24) is 20.2 Å². The fourth-order valence-electron chi connectivity index (χ4n) is 2.44. The molecule has 1 N–H and O–H groups in total. The highest BCUT2D eigenvalue weighted by molar-refractivity contribution is 6.30. The van der Waals surface area contributed by atoms with Crippen molar-refractivity contribution < 1.29 is 14.6 Å². The third kappa shape index (κ3) is 5.75. The van der Waals surface area contributed by atoms with Crippen LogP contribution in [0.25, 0.3) is 11.4 Å². The first-order valence-electron chi connectivity index (χ1n) is 8.65. The zero-order chi connectivity index (χ0) is 19.1. The molecule has 27 heavy (non-hydrogen) atoms. The number of ether oxygens (including phenoxy) is 2. The zero-order valence-corrected chi connectivity index (χ0v) is 15.7. The molecular weight excluding hydrogens is 368 g/mol. The monoisotopic (exact) mass is 388 g/mol. The minimum Gasteiger partial charge on any atom is -0.494 e. The topological polar surface area (TPSA) is 82.3 Å². The van der Waals surface area contributed by atoms with E-state index in [-0.39, 0.29) is 13.2 Å². The van der Waals surface area contributed by atoms with E-state index in [1.165, 1.54) is 4.80 Å². The van der Waals surface area contributed by atoms with E-state index in [0.717, 1.165) is 16.9 Å². The van der Waals surface area contributed by atoms with E-state index >= 15 is 0 Å². The Bertz CT molecular complexity index is 837. The molecule has 142 valence electrons. The second-order valence-corrected chi connectivity index (χ2v) is 6.36. The molecule has 1 unspecified atom stereocenters. The Morgan fingerprint density at radius 3 is 2.56 bits per heavy atom. The van der Waals surface area contributed by atoms with Gasteiger partial charge in [0.15, 0.2) is 0 Å². The van der Waals surface area contributed by atoms with E-state index < -0.39 is 6.10 Å². The molecule has 2 aromatic carbocycles. The lowest BCUT2D eigenvalue weighted by molar-refractivity contribution is 0.0165. The van der Waals surface area contributed by atoms with Crippen LogP contribution in [-0.2, 0) is 17.9 Å². The number of tetrazole rings is 1. The van der Waals surface area contributed by atoms with E-state index in [4.69, 9.17) is 21.1 Å². The highest BCUT2D eigenvalue weighted by Gasteiger charge is 2.11. The van der Waals surface area contributed by atoms with Gasteiger partial charge in [0.1, 0.15) is 5.75 Å². The molecule has 1 aromatic heterocycles. The lowest BCUT2D eigenvalue weighted by Gasteiger charge is -2.10. The van der Waals surface area contributed by atoms with E-state index in [1.807, 2.05) is 43.3 Å². The number of aliphatic hydroxyl groups is 1. The Labute approximate surface area is 162 Å². The van der Waals surface area contributed by atoms with Gasteiger partial charge in [0, 0.05) is 10.6 Å². The number of hydrogen-bond donors (Lipinski definition) is 1. The number of halogens is 1. The highest BCUT2D eigenvalue weighted by Crippen LogP contribution is 2.18. The van der Waals surface area contributed by atoms with Crippen LogP contribution in [0.2, 0.25) is 5.02 Å². The van der Waals surface area contributed by atoms with E-state index in [0.29, 0.717) is 24.1 Å². The molecule has 0 amide bonds. The van der Waals surface area contributed by atoms with E-state index in [9.17, 15) is 5.11 Å². The molecule has 1 atom stereocenters. The molecule has 8 heteroatoms. The Balaban J connectivity index is 1.48. The van der Waals surface area contributed by atoms with Crippen molar-refractivity contribution in [2.45, 2.75) is 26.2 Å². The first-order valence-corrected chi connectivity index (χ1v) is 9.03. The maximum atomic E-state index is 10.1. The number of nitrogens with zero attached hydrogens (tertiary/aromatic N) is 4. The number of aromatic nitrogens is 4. The Hall–Kier alpha value is -2.48. The minimum absolute atomic E-state index is 0.169. The molecule has 0 fully saturated rings. The normalized spacial score (nSPS) is 12.1. The van der Waals surface area contributed by atoms with Gasteiger partial charge in [-0.15, -0.1) is 10.2 Å². The molecule has 0 aliphatic carbocycles. The number of benzene rings is 2. The van der Waals surface area contributed by atoms with Crippen LogP contribution in [0.1, 0.15) is 12.5 Å². The van der Waals surface area contributed by atoms with Gasteiger partial charge in [0.25, 0.3) is 0 Å². The summed E-state index contributed by atoms with van der Waals surface area (Å²) in [4.78, 5) is 1.36. The number of rotatable bonds is 9. The van der Waals surface area contributed by atoms with Crippen LogP contribution < -0.4 is 4.74 Å². The summed E-state index contributed by atoms with van der Waals surface area (Å²) in [5.41, 5.74) is 1.82. The van der Waals surface area contributed by atoms with Crippen molar-refractivity contribution in [3.63, 3.8) is 0 Å². The predicted octanol–water partition coefficient (Wildman–Crippen LogP) is 2.97. The fraction of sp³-hybridized carbons (Fsp3) is 0.316. The van der Waals surface area contributed by atoms with Gasteiger partial charge < -0.3 is 14.6 Å². The Kier molecular flexibility index (Phi) is 6.75. The zero-order valence-electron chi connectivity index (χ0n) is 15.0. The summed E-state index contributed by atoms with van der Waals surface area (Å²) in [6, 6.07) is 14.8. The highest BCUT2D eigenvalue weighted by atomic mass is 35.5. The molecule has 0 saturated heterocycles. The van der Waals surface area contributed by atoms with Gasteiger partial charge in [-0.3, -0.25) is 0 Å². The molecular formula is C19H21ClN4O3. The molecule has 0 bridgehead atoms. The average Bonchev–Trinajstić information content (AvgIpc) is 3.13. The average molecular weight is 389 g/mol. The summed E-state index contributed by atoms with van der Waals surface area (Å²) in [7, 11) is 0. The third-order valence-electron chi connectivity index (χ3n) is 3.74. The van der Waals surface area contributed by atoms with Crippen molar-refractivity contribution in [3.8, 4) is 17.1 Å². The SMILES string of the molecule is CCOc1ccc(-c2nnn(CC(O)COCc3ccc(Cl)cc3)n2)cc1. The Morgan fingerprint density at radius 1 is 1.11 bits per heavy atom. The van der Waals surface area contributed by atoms with Gasteiger partial charge in [0.2, 0.25) is 5.82 Å². The third-order valence-corrected chi connectivity index (χ3v) is 3.99. The predicted molar refractivity (Wildman–Crippen MR) is 102 cm³/mol. The van der Waals surface area contributed by atoms with Crippen molar-refractivity contribution in [3.05, 3.63) is 59.1 Å². The molecule has 0 aliphatic heterocycles. The van der Waals surface area contributed by atoms with Crippen LogP contribution in [-0.4, -0.2) is 44.6 Å². The van der Waals surface area contributed by atoms with E-state index in [2.05, 4.69) is 15.4 Å². The lowest BCUT2D eigenvalue weighted by Crippen LogP contribution is -2.23. The number of aliphatic hydroxyl groups excluding tert-OH is 1. The largest absolute Gasteiger partial charge is 0.494 e. The molecule has 3 aromatic rings. The molecule has 0 aliphatic rings. The van der Waals surface area contributed by atoms with Gasteiger partial charge in [0.05, 0.1) is 32.5 Å². The van der Waals surface area contributed by atoms with Crippen LogP contribution in [0.15, 0.2) is 48.5 Å². The van der Waals surface area contributed by atoms with Crippen LogP contribution in [0, 0.1) is 0 Å². The molecule has 0 saturated carbocycles. The van der Waals surface area contributed by atoms with Crippen LogP contribution in [0.4, 0.5) is 0 Å². The summed E-state index contributed by atoms with van der Waals surface area (Å²) < 4.78 is 10.9. The first kappa shape index (κ1) is 19.3. The quantitative estimate of drug-likeness (QED) is 0.606. The second-order valence-electron chi connectivity index (χ2n) is 5.92. The second kappa shape index (κ2) is 9.45. The van der Waals surface area contributed by atoms with Gasteiger partial charge in [-0.05, 0) is 54.1 Å². The molecule has 3 rings (SSSR count). The standard InChI is InChI=1S/C19H21ClN4O3/c1-2-27-18-9-5-15(6-10-18)19-21-23-24(22-19)11-17(25)13-26-12-14-3-7-16(20)8-4-14/h3-10,17,25H,2,11-13H2,1H3. The van der Waals surface area contributed by atoms with Gasteiger partial charge in [-0.1, -0.05) is 23.7 Å². The molecule has 7 nitrogen and oxygen atoms in total. The smallest absolute Gasteiger partial charge is 0.204 e. The summed E-state index contributed by atoms with van der Waals surface area (Å²) >= 11 is 5.84. The van der Waals surface area contributed by atoms with Crippen LogP contribution >= 0.6 is 11.6 Å². The van der Waals surface area contributed by atoms with E-state index in [1.54, 1.807) is 12.1 Å². The summed E-state index contributed by atoms with van der Waals surface area (Å²) in [6.45, 7) is 3.32. The van der Waals surface area contributed by atoms with Crippen molar-refractivity contribution in [2.24, 2.45) is 0 Å². The van der Waals surface area contributed by atoms with Crippen molar-refractivity contribution in [2.75, 3.05) is 13.2 Å². The van der Waals surface area contributed by atoms with Crippen molar-refractivity contribution in [1.29, 1.82) is 0 Å². The summed E-state index contributed by atoms with van der Waals surface area (Å²) in [5.74, 6) is 1.29. The van der Waals surface area contributed by atoms with Crippen molar-refractivity contribution >= 4 is 11.6 Å². The van der Waals surface area contributed by atoms with Gasteiger partial charge in [-0.2, -0.15) is 4.80 Å². The fourth-order valence-corrected chi connectivity index (χ4v) is 2.56. The van der Waals surface area contributed by atoms with Gasteiger partial charge in [-0.25, -0.2) is 0 Å². The Morgan fingerprint density at radius 2 is 1.85 bits per heavy atom. The summed E-state index contributed by atoms with van der Waals surface area (Å²) in [6.07, 6.45) is -0.736. The summed E-state index contributed by atoms with van der Waals surface area (Å²) in [5, 5.41) is 23.1. The molecule has 0 spiro atoms. The maximum absolute atomic E-state index is 10.1. The van der Waals surface area contributed by atoms with Crippen LogP contribution in [0.5, 0.6) is 5.75 Å².